The number of nitrogens with two attached hydrogens (primary N) is 1. The summed E-state index contributed by atoms with van der Waals surface area (Å²) in [6.07, 6.45) is 0.238. The molecule has 6 heteroatoms. The first-order chi connectivity index (χ1) is 9.47. The highest BCUT2D eigenvalue weighted by Gasteiger charge is 2.12. The predicted molar refractivity (Wildman–Crippen MR) is 92.7 cm³/mol. The third-order valence-electron chi connectivity index (χ3n) is 2.68. The molecule has 0 fully saturated rings. The van der Waals surface area contributed by atoms with Crippen molar-refractivity contribution in [2.75, 3.05) is 11.1 Å². The molecule has 1 amide bonds. The molecule has 0 radical (unpaired) electrons. The van der Waals surface area contributed by atoms with Gasteiger partial charge in [-0.3, -0.25) is 4.79 Å². The van der Waals surface area contributed by atoms with Crippen LogP contribution >= 0.6 is 47.8 Å². The van der Waals surface area contributed by atoms with Crippen LogP contribution in [0.2, 0.25) is 0 Å². The predicted octanol–water partition coefficient (Wildman–Crippen LogP) is 4.74. The Labute approximate surface area is 142 Å². The maximum absolute atomic E-state index is 12.1. The summed E-state index contributed by atoms with van der Waals surface area (Å²) in [4.78, 5) is 12.1. The van der Waals surface area contributed by atoms with Gasteiger partial charge in [0, 0.05) is 19.1 Å². The van der Waals surface area contributed by atoms with E-state index in [1.165, 1.54) is 0 Å². The second-order valence-electron chi connectivity index (χ2n) is 4.17. The van der Waals surface area contributed by atoms with Crippen LogP contribution in [0.1, 0.15) is 5.56 Å². The molecule has 3 nitrogen and oxygen atoms in total. The topological polar surface area (TPSA) is 55.1 Å². The summed E-state index contributed by atoms with van der Waals surface area (Å²) in [6, 6.07) is 11.1. The number of carbonyl (C=O) groups excluding carboxylic acids is 1. The van der Waals surface area contributed by atoms with E-state index in [0.29, 0.717) is 11.4 Å². The van der Waals surface area contributed by atoms with Crippen molar-refractivity contribution in [1.82, 2.24) is 0 Å². The fourth-order valence-corrected chi connectivity index (χ4v) is 4.17. The molecule has 0 saturated heterocycles. The van der Waals surface area contributed by atoms with Crippen LogP contribution in [0, 0.1) is 0 Å². The van der Waals surface area contributed by atoms with Crippen molar-refractivity contribution in [3.8, 4) is 0 Å². The highest BCUT2D eigenvalue weighted by Crippen LogP contribution is 2.34. The average molecular weight is 463 g/mol. The standard InChI is InChI=1S/C14H11Br3N2O/c15-9-6-10(16)14(11(17)7-9)19-13(20)5-8-3-1-2-4-12(8)18/h1-4,6-7H,5,18H2,(H,19,20). The van der Waals surface area contributed by atoms with Gasteiger partial charge < -0.3 is 11.1 Å². The minimum absolute atomic E-state index is 0.119. The van der Waals surface area contributed by atoms with Crippen LogP contribution in [0.5, 0.6) is 0 Å². The van der Waals surface area contributed by atoms with E-state index in [-0.39, 0.29) is 12.3 Å². The van der Waals surface area contributed by atoms with Gasteiger partial charge in [-0.15, -0.1) is 0 Å². The molecule has 0 aliphatic carbocycles. The van der Waals surface area contributed by atoms with Gasteiger partial charge in [-0.25, -0.2) is 0 Å². The molecule has 0 unspecified atom stereocenters. The maximum atomic E-state index is 12.1. The monoisotopic (exact) mass is 460 g/mol. The molecule has 0 bridgehead atoms. The number of hydrogen-bond acceptors (Lipinski definition) is 2. The lowest BCUT2D eigenvalue weighted by Gasteiger charge is -2.11. The molecule has 0 aliphatic heterocycles. The molecule has 104 valence electrons. The lowest BCUT2D eigenvalue weighted by Crippen LogP contribution is -2.16. The van der Waals surface area contributed by atoms with Crippen LogP contribution in [0.3, 0.4) is 0 Å². The van der Waals surface area contributed by atoms with Crippen LogP contribution in [-0.4, -0.2) is 5.91 Å². The van der Waals surface area contributed by atoms with Crippen LogP contribution in [0.15, 0.2) is 49.8 Å². The Hall–Kier alpha value is -0.850. The van der Waals surface area contributed by atoms with E-state index in [0.717, 1.165) is 19.0 Å². The lowest BCUT2D eigenvalue weighted by molar-refractivity contribution is -0.115. The summed E-state index contributed by atoms with van der Waals surface area (Å²) in [7, 11) is 0. The van der Waals surface area contributed by atoms with Crippen LogP contribution < -0.4 is 11.1 Å². The van der Waals surface area contributed by atoms with Gasteiger partial charge in [-0.05, 0) is 55.6 Å². The van der Waals surface area contributed by atoms with Crippen molar-refractivity contribution >= 4 is 65.1 Å². The van der Waals surface area contributed by atoms with Gasteiger partial charge in [0.1, 0.15) is 0 Å². The molecule has 2 rings (SSSR count). The fourth-order valence-electron chi connectivity index (χ4n) is 1.71. The number of carbonyl (C=O) groups is 1. The zero-order valence-electron chi connectivity index (χ0n) is 10.3. The number of nitrogens with one attached hydrogen (secondary N) is 1. The van der Waals surface area contributed by atoms with Crippen LogP contribution in [-0.2, 0) is 11.2 Å². The second-order valence-corrected chi connectivity index (χ2v) is 6.79. The van der Waals surface area contributed by atoms with Crippen molar-refractivity contribution in [3.05, 3.63) is 55.4 Å². The Balaban J connectivity index is 2.15. The zero-order valence-corrected chi connectivity index (χ0v) is 15.0. The molecule has 2 aromatic carbocycles. The molecule has 3 N–H and O–H groups in total. The number of nitrogen functional groups attached to an aromatic ring is 1. The molecule has 20 heavy (non-hydrogen) atoms. The van der Waals surface area contributed by atoms with Crippen molar-refractivity contribution in [2.45, 2.75) is 6.42 Å². The first-order valence-electron chi connectivity index (χ1n) is 5.75. The highest BCUT2D eigenvalue weighted by atomic mass is 79.9. The summed E-state index contributed by atoms with van der Waals surface area (Å²) < 4.78 is 2.52. The number of anilines is 2. The minimum atomic E-state index is -0.119. The average Bonchev–Trinajstić information content (AvgIpc) is 2.36. The maximum Gasteiger partial charge on any atom is 0.228 e. The molecule has 2 aromatic rings. The number of rotatable bonds is 3. The molecule has 0 saturated carbocycles. The van der Waals surface area contributed by atoms with E-state index in [4.69, 9.17) is 5.73 Å². The van der Waals surface area contributed by atoms with Crippen LogP contribution in [0.25, 0.3) is 0 Å². The summed E-state index contributed by atoms with van der Waals surface area (Å²) in [5.74, 6) is -0.119. The number of hydrogen-bond donors (Lipinski definition) is 2. The van der Waals surface area contributed by atoms with E-state index >= 15 is 0 Å². The number of benzene rings is 2. The molecular formula is C14H11Br3N2O. The molecule has 0 spiro atoms. The van der Waals surface area contributed by atoms with Crippen LogP contribution in [0.4, 0.5) is 11.4 Å². The van der Waals surface area contributed by atoms with Gasteiger partial charge in [0.2, 0.25) is 5.91 Å². The van der Waals surface area contributed by atoms with Gasteiger partial charge in [0.25, 0.3) is 0 Å². The van der Waals surface area contributed by atoms with E-state index < -0.39 is 0 Å². The Bertz CT molecular complexity index is 636. The fraction of sp³-hybridized carbons (Fsp3) is 0.0714. The van der Waals surface area contributed by atoms with E-state index in [2.05, 4.69) is 53.1 Å². The largest absolute Gasteiger partial charge is 0.398 e. The van der Waals surface area contributed by atoms with E-state index in [1.807, 2.05) is 30.3 Å². The third kappa shape index (κ3) is 3.84. The van der Waals surface area contributed by atoms with Crippen molar-refractivity contribution in [1.29, 1.82) is 0 Å². The van der Waals surface area contributed by atoms with Gasteiger partial charge >= 0.3 is 0 Å². The Morgan fingerprint density at radius 3 is 2.30 bits per heavy atom. The van der Waals surface area contributed by atoms with E-state index in [1.54, 1.807) is 6.07 Å². The third-order valence-corrected chi connectivity index (χ3v) is 4.39. The quantitative estimate of drug-likeness (QED) is 0.647. The lowest BCUT2D eigenvalue weighted by atomic mass is 10.1. The Morgan fingerprint density at radius 1 is 1.10 bits per heavy atom. The van der Waals surface area contributed by atoms with Crippen molar-refractivity contribution in [3.63, 3.8) is 0 Å². The minimum Gasteiger partial charge on any atom is -0.398 e. The summed E-state index contributed by atoms with van der Waals surface area (Å²) in [5, 5.41) is 2.87. The van der Waals surface area contributed by atoms with E-state index in [9.17, 15) is 4.79 Å². The Kier molecular flexibility index (Phi) is 5.23. The van der Waals surface area contributed by atoms with Gasteiger partial charge in [0.15, 0.2) is 0 Å². The smallest absolute Gasteiger partial charge is 0.228 e. The van der Waals surface area contributed by atoms with Crippen molar-refractivity contribution < 1.29 is 4.79 Å². The molecule has 0 aromatic heterocycles. The number of para-hydroxylation sites is 1. The second kappa shape index (κ2) is 6.74. The first-order valence-corrected chi connectivity index (χ1v) is 8.13. The van der Waals surface area contributed by atoms with Gasteiger partial charge in [0.05, 0.1) is 12.1 Å². The Morgan fingerprint density at radius 2 is 1.70 bits per heavy atom. The number of amides is 1. The summed E-state index contributed by atoms with van der Waals surface area (Å²) in [5.41, 5.74) is 7.97. The SMILES string of the molecule is Nc1ccccc1CC(=O)Nc1c(Br)cc(Br)cc1Br. The normalized spacial score (nSPS) is 10.3. The molecular weight excluding hydrogens is 452 g/mol. The highest BCUT2D eigenvalue weighted by molar-refractivity contribution is 9.11. The molecule has 0 atom stereocenters. The number of halogens is 3. The first kappa shape index (κ1) is 15.5. The zero-order chi connectivity index (χ0) is 14.7. The van der Waals surface area contributed by atoms with Crippen molar-refractivity contribution in [2.24, 2.45) is 0 Å². The molecule has 0 aliphatic rings. The van der Waals surface area contributed by atoms with Gasteiger partial charge in [-0.1, -0.05) is 34.1 Å². The summed E-state index contributed by atoms with van der Waals surface area (Å²) in [6.45, 7) is 0. The summed E-state index contributed by atoms with van der Waals surface area (Å²) >= 11 is 10.2. The van der Waals surface area contributed by atoms with Gasteiger partial charge in [-0.2, -0.15) is 0 Å². The molecule has 0 heterocycles.